The first-order chi connectivity index (χ1) is 10.6. The topological polar surface area (TPSA) is 83.8 Å². The molecule has 0 aliphatic carbocycles. The largest absolute Gasteiger partial charge is 0.481 e. The van der Waals surface area contributed by atoms with Crippen molar-refractivity contribution in [1.29, 1.82) is 0 Å². The summed E-state index contributed by atoms with van der Waals surface area (Å²) >= 11 is 0. The lowest BCUT2D eigenvalue weighted by atomic mass is 10.1. The predicted molar refractivity (Wildman–Crippen MR) is 86.1 cm³/mol. The van der Waals surface area contributed by atoms with E-state index >= 15 is 0 Å². The molecule has 0 unspecified atom stereocenters. The number of unbranched alkanes of at least 4 members (excludes halogenated alkanes) is 9. The monoisotopic (exact) mass is 316 g/mol. The van der Waals surface area contributed by atoms with Crippen LogP contribution >= 0.6 is 0 Å². The SMILES string of the molecule is O=C(O)CCCCCCCCCOCCCCCCC(=O)O. The Bertz CT molecular complexity index is 250. The Labute approximate surface area is 134 Å². The molecule has 0 aliphatic heterocycles. The van der Waals surface area contributed by atoms with E-state index in [9.17, 15) is 9.59 Å². The number of carbonyl (C=O) groups is 2. The second-order valence-electron chi connectivity index (χ2n) is 5.79. The molecule has 130 valence electrons. The van der Waals surface area contributed by atoms with Crippen LogP contribution in [0.2, 0.25) is 0 Å². The van der Waals surface area contributed by atoms with Crippen molar-refractivity contribution in [2.24, 2.45) is 0 Å². The molecular weight excluding hydrogens is 284 g/mol. The van der Waals surface area contributed by atoms with E-state index in [-0.39, 0.29) is 6.42 Å². The lowest BCUT2D eigenvalue weighted by molar-refractivity contribution is -0.138. The molecule has 0 amide bonds. The summed E-state index contributed by atoms with van der Waals surface area (Å²) in [6.45, 7) is 1.59. The standard InChI is InChI=1S/C17H32O5/c18-16(19)12-8-4-2-1-3-6-10-14-22-15-11-7-5-9-13-17(20)21/h1-15H2,(H,18,19)(H,20,21). The molecule has 5 heteroatoms. The third kappa shape index (κ3) is 18.9. The van der Waals surface area contributed by atoms with Crippen LogP contribution in [-0.4, -0.2) is 35.4 Å². The van der Waals surface area contributed by atoms with Gasteiger partial charge >= 0.3 is 11.9 Å². The summed E-state index contributed by atoms with van der Waals surface area (Å²) in [6.07, 6.45) is 12.0. The first-order valence-electron chi connectivity index (χ1n) is 8.64. The van der Waals surface area contributed by atoms with Crippen LogP contribution in [0.4, 0.5) is 0 Å². The molecule has 0 fully saturated rings. The lowest BCUT2D eigenvalue weighted by Gasteiger charge is -2.04. The predicted octanol–water partition coefficient (Wildman–Crippen LogP) is 4.24. The number of carboxylic acid groups (broad SMARTS) is 2. The molecule has 2 N–H and O–H groups in total. The molecule has 0 aromatic carbocycles. The van der Waals surface area contributed by atoms with Crippen LogP contribution in [0, 0.1) is 0 Å². The molecule has 0 saturated heterocycles. The minimum atomic E-state index is -0.710. The van der Waals surface area contributed by atoms with Crippen molar-refractivity contribution in [1.82, 2.24) is 0 Å². The molecule has 0 bridgehead atoms. The fourth-order valence-electron chi connectivity index (χ4n) is 2.30. The normalized spacial score (nSPS) is 10.7. The fourth-order valence-corrected chi connectivity index (χ4v) is 2.30. The van der Waals surface area contributed by atoms with Crippen molar-refractivity contribution in [3.05, 3.63) is 0 Å². The Morgan fingerprint density at radius 3 is 1.23 bits per heavy atom. The number of hydrogen-bond acceptors (Lipinski definition) is 3. The fraction of sp³-hybridized carbons (Fsp3) is 0.882. The van der Waals surface area contributed by atoms with Gasteiger partial charge in [-0.2, -0.15) is 0 Å². The molecular formula is C17H32O5. The highest BCUT2D eigenvalue weighted by molar-refractivity contribution is 5.66. The molecule has 0 spiro atoms. The number of rotatable bonds is 17. The summed E-state index contributed by atoms with van der Waals surface area (Å²) in [7, 11) is 0. The third-order valence-corrected chi connectivity index (χ3v) is 3.61. The third-order valence-electron chi connectivity index (χ3n) is 3.61. The summed E-state index contributed by atoms with van der Waals surface area (Å²) in [5, 5.41) is 17.0. The number of carboxylic acids is 2. The first kappa shape index (κ1) is 20.9. The van der Waals surface area contributed by atoms with Crippen molar-refractivity contribution in [2.45, 2.75) is 83.5 Å². The maximum absolute atomic E-state index is 10.3. The Hall–Kier alpha value is -1.10. The van der Waals surface area contributed by atoms with E-state index in [1.54, 1.807) is 0 Å². The van der Waals surface area contributed by atoms with Crippen LogP contribution in [0.15, 0.2) is 0 Å². The molecule has 5 nitrogen and oxygen atoms in total. The van der Waals surface area contributed by atoms with Gasteiger partial charge in [-0.15, -0.1) is 0 Å². The van der Waals surface area contributed by atoms with Gasteiger partial charge < -0.3 is 14.9 Å². The molecule has 0 heterocycles. The van der Waals surface area contributed by atoms with Gasteiger partial charge in [0.1, 0.15) is 0 Å². The van der Waals surface area contributed by atoms with Gasteiger partial charge in [-0.3, -0.25) is 9.59 Å². The van der Waals surface area contributed by atoms with Crippen LogP contribution in [-0.2, 0) is 14.3 Å². The van der Waals surface area contributed by atoms with Gasteiger partial charge in [0.15, 0.2) is 0 Å². The molecule has 0 aromatic heterocycles. The highest BCUT2D eigenvalue weighted by Crippen LogP contribution is 2.09. The van der Waals surface area contributed by atoms with Crippen LogP contribution in [0.25, 0.3) is 0 Å². The Kier molecular flexibility index (Phi) is 15.5. The first-order valence-corrected chi connectivity index (χ1v) is 8.64. The van der Waals surface area contributed by atoms with Crippen molar-refractivity contribution >= 4 is 11.9 Å². The highest BCUT2D eigenvalue weighted by Gasteiger charge is 1.98. The summed E-state index contributed by atoms with van der Waals surface area (Å²) in [5.74, 6) is -1.41. The van der Waals surface area contributed by atoms with E-state index < -0.39 is 11.9 Å². The molecule has 0 saturated carbocycles. The van der Waals surface area contributed by atoms with E-state index in [4.69, 9.17) is 14.9 Å². The Morgan fingerprint density at radius 2 is 0.864 bits per heavy atom. The zero-order valence-corrected chi connectivity index (χ0v) is 13.7. The van der Waals surface area contributed by atoms with Gasteiger partial charge in [-0.05, 0) is 25.7 Å². The number of hydrogen-bond donors (Lipinski definition) is 2. The molecule has 22 heavy (non-hydrogen) atoms. The smallest absolute Gasteiger partial charge is 0.303 e. The van der Waals surface area contributed by atoms with Gasteiger partial charge in [0.05, 0.1) is 0 Å². The number of aliphatic carboxylic acids is 2. The minimum absolute atomic E-state index is 0.275. The summed E-state index contributed by atoms with van der Waals surface area (Å²) in [4.78, 5) is 20.6. The van der Waals surface area contributed by atoms with Gasteiger partial charge in [-0.25, -0.2) is 0 Å². The van der Waals surface area contributed by atoms with E-state index in [0.717, 1.165) is 64.6 Å². The van der Waals surface area contributed by atoms with Crippen molar-refractivity contribution < 1.29 is 24.5 Å². The summed E-state index contributed by atoms with van der Waals surface area (Å²) < 4.78 is 5.55. The van der Waals surface area contributed by atoms with Crippen molar-refractivity contribution in [3.8, 4) is 0 Å². The van der Waals surface area contributed by atoms with Crippen molar-refractivity contribution in [2.75, 3.05) is 13.2 Å². The number of ether oxygens (including phenoxy) is 1. The van der Waals surface area contributed by atoms with Crippen LogP contribution in [0.3, 0.4) is 0 Å². The highest BCUT2D eigenvalue weighted by atomic mass is 16.5. The zero-order valence-electron chi connectivity index (χ0n) is 13.7. The van der Waals surface area contributed by atoms with Gasteiger partial charge in [0.2, 0.25) is 0 Å². The Balaban J connectivity index is 2.99. The second kappa shape index (κ2) is 16.3. The Morgan fingerprint density at radius 1 is 0.545 bits per heavy atom. The summed E-state index contributed by atoms with van der Waals surface area (Å²) in [5.41, 5.74) is 0. The second-order valence-corrected chi connectivity index (χ2v) is 5.79. The lowest BCUT2D eigenvalue weighted by Crippen LogP contribution is -1.98. The molecule has 0 aromatic rings. The molecule has 0 aliphatic rings. The molecule has 0 atom stereocenters. The van der Waals surface area contributed by atoms with E-state index in [0.29, 0.717) is 6.42 Å². The molecule has 0 radical (unpaired) electrons. The average Bonchev–Trinajstić information content (AvgIpc) is 2.46. The van der Waals surface area contributed by atoms with Gasteiger partial charge in [-0.1, -0.05) is 44.9 Å². The minimum Gasteiger partial charge on any atom is -0.481 e. The zero-order chi connectivity index (χ0) is 16.5. The van der Waals surface area contributed by atoms with Gasteiger partial charge in [0, 0.05) is 26.1 Å². The van der Waals surface area contributed by atoms with E-state index in [2.05, 4.69) is 0 Å². The maximum atomic E-state index is 10.3. The summed E-state index contributed by atoms with van der Waals surface area (Å²) in [6, 6.07) is 0. The van der Waals surface area contributed by atoms with Crippen molar-refractivity contribution in [3.63, 3.8) is 0 Å². The molecule has 0 rings (SSSR count). The maximum Gasteiger partial charge on any atom is 0.303 e. The van der Waals surface area contributed by atoms with Gasteiger partial charge in [0.25, 0.3) is 0 Å². The van der Waals surface area contributed by atoms with E-state index in [1.165, 1.54) is 19.3 Å². The van der Waals surface area contributed by atoms with Crippen LogP contribution < -0.4 is 0 Å². The van der Waals surface area contributed by atoms with Crippen LogP contribution in [0.1, 0.15) is 83.5 Å². The average molecular weight is 316 g/mol. The van der Waals surface area contributed by atoms with E-state index in [1.807, 2.05) is 0 Å². The quantitative estimate of drug-likeness (QED) is 0.392. The van der Waals surface area contributed by atoms with Crippen LogP contribution in [0.5, 0.6) is 0 Å².